The Labute approximate surface area is 106 Å². The minimum atomic E-state index is 0.345. The van der Waals surface area contributed by atoms with E-state index in [0.717, 1.165) is 6.42 Å². The molecule has 1 aromatic heterocycles. The Kier molecular flexibility index (Phi) is 5.19. The quantitative estimate of drug-likeness (QED) is 0.771. The SMILES string of the molecule is CNC(CCCCc1nccn1C)C(C)(C)C. The van der Waals surface area contributed by atoms with Gasteiger partial charge in [-0.05, 0) is 25.3 Å². The van der Waals surface area contributed by atoms with E-state index < -0.39 is 0 Å². The van der Waals surface area contributed by atoms with Crippen molar-refractivity contribution in [3.63, 3.8) is 0 Å². The zero-order valence-electron chi connectivity index (χ0n) is 12.0. The van der Waals surface area contributed by atoms with Gasteiger partial charge in [0.15, 0.2) is 0 Å². The van der Waals surface area contributed by atoms with Gasteiger partial charge in [0.2, 0.25) is 0 Å². The lowest BCUT2D eigenvalue weighted by atomic mass is 9.84. The van der Waals surface area contributed by atoms with Gasteiger partial charge in [0.1, 0.15) is 5.82 Å². The smallest absolute Gasteiger partial charge is 0.108 e. The van der Waals surface area contributed by atoms with Crippen LogP contribution in [0.15, 0.2) is 12.4 Å². The number of nitrogens with one attached hydrogen (secondary N) is 1. The molecule has 3 heteroatoms. The summed E-state index contributed by atoms with van der Waals surface area (Å²) in [6.07, 6.45) is 8.70. The molecule has 0 aromatic carbocycles. The third-order valence-electron chi connectivity index (χ3n) is 3.46. The summed E-state index contributed by atoms with van der Waals surface area (Å²) in [5, 5.41) is 3.43. The van der Waals surface area contributed by atoms with Crippen LogP contribution in [0.2, 0.25) is 0 Å². The van der Waals surface area contributed by atoms with Crippen molar-refractivity contribution >= 4 is 0 Å². The van der Waals surface area contributed by atoms with Crippen LogP contribution < -0.4 is 5.32 Å². The average Bonchev–Trinajstić information content (AvgIpc) is 2.62. The molecule has 1 atom stereocenters. The number of rotatable bonds is 6. The van der Waals surface area contributed by atoms with Crippen LogP contribution in [0.25, 0.3) is 0 Å². The molecular weight excluding hydrogens is 210 g/mol. The summed E-state index contributed by atoms with van der Waals surface area (Å²) in [4.78, 5) is 4.35. The van der Waals surface area contributed by atoms with Crippen molar-refractivity contribution < 1.29 is 0 Å². The van der Waals surface area contributed by atoms with Gasteiger partial charge in [-0.2, -0.15) is 0 Å². The minimum Gasteiger partial charge on any atom is -0.338 e. The lowest BCUT2D eigenvalue weighted by Gasteiger charge is -2.30. The Hall–Kier alpha value is -0.830. The normalized spacial score (nSPS) is 13.9. The summed E-state index contributed by atoms with van der Waals surface area (Å²) in [5.74, 6) is 1.20. The molecule has 3 nitrogen and oxygen atoms in total. The molecule has 0 aliphatic carbocycles. The summed E-state index contributed by atoms with van der Waals surface area (Å²) < 4.78 is 2.11. The second-order valence-corrected chi connectivity index (χ2v) is 5.91. The molecule has 17 heavy (non-hydrogen) atoms. The Bertz CT molecular complexity index is 322. The fourth-order valence-corrected chi connectivity index (χ4v) is 2.28. The number of hydrogen-bond donors (Lipinski definition) is 1. The van der Waals surface area contributed by atoms with Crippen molar-refractivity contribution in [3.05, 3.63) is 18.2 Å². The highest BCUT2D eigenvalue weighted by Gasteiger charge is 2.21. The maximum absolute atomic E-state index is 4.35. The Morgan fingerprint density at radius 3 is 2.53 bits per heavy atom. The summed E-state index contributed by atoms with van der Waals surface area (Å²) >= 11 is 0. The topological polar surface area (TPSA) is 29.9 Å². The minimum absolute atomic E-state index is 0.345. The zero-order valence-corrected chi connectivity index (χ0v) is 12.0. The van der Waals surface area contributed by atoms with Crippen molar-refractivity contribution in [3.8, 4) is 0 Å². The molecule has 0 saturated heterocycles. The van der Waals surface area contributed by atoms with Gasteiger partial charge in [-0.3, -0.25) is 0 Å². The highest BCUT2D eigenvalue weighted by atomic mass is 15.0. The number of aryl methyl sites for hydroxylation is 2. The molecule has 1 rings (SSSR count). The van der Waals surface area contributed by atoms with Gasteiger partial charge in [-0.15, -0.1) is 0 Å². The van der Waals surface area contributed by atoms with Gasteiger partial charge in [0.25, 0.3) is 0 Å². The van der Waals surface area contributed by atoms with Gasteiger partial charge in [-0.1, -0.05) is 27.2 Å². The molecule has 0 amide bonds. The number of unbranched alkanes of at least 4 members (excludes halogenated alkanes) is 1. The third-order valence-corrected chi connectivity index (χ3v) is 3.46. The van der Waals surface area contributed by atoms with Crippen LogP contribution >= 0.6 is 0 Å². The molecular formula is C14H27N3. The molecule has 0 fully saturated rings. The van der Waals surface area contributed by atoms with Gasteiger partial charge in [-0.25, -0.2) is 4.98 Å². The molecule has 1 N–H and O–H groups in total. The molecule has 0 aliphatic heterocycles. The van der Waals surface area contributed by atoms with Gasteiger partial charge in [0, 0.05) is 31.9 Å². The Balaban J connectivity index is 2.26. The van der Waals surface area contributed by atoms with Crippen LogP contribution in [0.1, 0.15) is 45.9 Å². The predicted octanol–water partition coefficient (Wildman–Crippen LogP) is 2.77. The predicted molar refractivity (Wildman–Crippen MR) is 73.1 cm³/mol. The van der Waals surface area contributed by atoms with Crippen molar-refractivity contribution in [2.45, 2.75) is 52.5 Å². The fourth-order valence-electron chi connectivity index (χ4n) is 2.28. The second-order valence-electron chi connectivity index (χ2n) is 5.91. The summed E-state index contributed by atoms with van der Waals surface area (Å²) in [6.45, 7) is 6.90. The number of hydrogen-bond acceptors (Lipinski definition) is 2. The molecule has 0 aliphatic rings. The monoisotopic (exact) mass is 237 g/mol. The first-order valence-corrected chi connectivity index (χ1v) is 6.58. The molecule has 1 aromatic rings. The number of aromatic nitrogens is 2. The molecule has 1 heterocycles. The Morgan fingerprint density at radius 2 is 2.06 bits per heavy atom. The highest BCUT2D eigenvalue weighted by molar-refractivity contribution is 4.91. The largest absolute Gasteiger partial charge is 0.338 e. The van der Waals surface area contributed by atoms with Crippen LogP contribution in [0.4, 0.5) is 0 Å². The van der Waals surface area contributed by atoms with Crippen molar-refractivity contribution in [1.29, 1.82) is 0 Å². The van der Waals surface area contributed by atoms with Crippen molar-refractivity contribution in [2.24, 2.45) is 12.5 Å². The molecule has 98 valence electrons. The molecule has 1 unspecified atom stereocenters. The first-order chi connectivity index (χ1) is 7.95. The molecule has 0 saturated carbocycles. The van der Waals surface area contributed by atoms with Crippen LogP contribution in [0.3, 0.4) is 0 Å². The van der Waals surface area contributed by atoms with Crippen LogP contribution in [0.5, 0.6) is 0 Å². The second kappa shape index (κ2) is 6.20. The summed E-state index contributed by atoms with van der Waals surface area (Å²) in [6, 6.07) is 0.601. The number of nitrogens with zero attached hydrogens (tertiary/aromatic N) is 2. The average molecular weight is 237 g/mol. The summed E-state index contributed by atoms with van der Waals surface area (Å²) in [5.41, 5.74) is 0.345. The van der Waals surface area contributed by atoms with Crippen molar-refractivity contribution in [1.82, 2.24) is 14.9 Å². The first kappa shape index (κ1) is 14.2. The van der Waals surface area contributed by atoms with E-state index in [2.05, 4.69) is 49.7 Å². The fraction of sp³-hybridized carbons (Fsp3) is 0.786. The maximum Gasteiger partial charge on any atom is 0.108 e. The summed E-state index contributed by atoms with van der Waals surface area (Å²) in [7, 11) is 4.13. The molecule has 0 bridgehead atoms. The van der Waals surface area contributed by atoms with E-state index in [0.29, 0.717) is 11.5 Å². The van der Waals surface area contributed by atoms with E-state index in [1.54, 1.807) is 0 Å². The first-order valence-electron chi connectivity index (χ1n) is 6.58. The van der Waals surface area contributed by atoms with Crippen LogP contribution in [-0.2, 0) is 13.5 Å². The molecule has 0 spiro atoms. The van der Waals surface area contributed by atoms with Gasteiger partial charge < -0.3 is 9.88 Å². The van der Waals surface area contributed by atoms with Gasteiger partial charge in [0.05, 0.1) is 0 Å². The Morgan fingerprint density at radius 1 is 1.35 bits per heavy atom. The zero-order chi connectivity index (χ0) is 12.9. The lowest BCUT2D eigenvalue weighted by Crippen LogP contribution is -2.37. The highest BCUT2D eigenvalue weighted by Crippen LogP contribution is 2.23. The van der Waals surface area contributed by atoms with E-state index in [1.165, 1.54) is 25.1 Å². The van der Waals surface area contributed by atoms with E-state index in [-0.39, 0.29) is 0 Å². The third kappa shape index (κ3) is 4.50. The van der Waals surface area contributed by atoms with Crippen LogP contribution in [0, 0.1) is 5.41 Å². The van der Waals surface area contributed by atoms with E-state index in [4.69, 9.17) is 0 Å². The molecule has 0 radical (unpaired) electrons. The maximum atomic E-state index is 4.35. The van der Waals surface area contributed by atoms with Crippen LogP contribution in [-0.4, -0.2) is 22.6 Å². The lowest BCUT2D eigenvalue weighted by molar-refractivity contribution is 0.262. The van der Waals surface area contributed by atoms with E-state index in [9.17, 15) is 0 Å². The van der Waals surface area contributed by atoms with Gasteiger partial charge >= 0.3 is 0 Å². The number of imidazole rings is 1. The van der Waals surface area contributed by atoms with E-state index >= 15 is 0 Å². The standard InChI is InChI=1S/C14H27N3/c1-14(2,3)12(15-4)8-6-7-9-13-16-10-11-17(13)5/h10-12,15H,6-9H2,1-5H3. The van der Waals surface area contributed by atoms with Crippen molar-refractivity contribution in [2.75, 3.05) is 7.05 Å². The van der Waals surface area contributed by atoms with E-state index in [1.807, 2.05) is 12.4 Å².